The molecular formula is C11H17N3O3. The Morgan fingerprint density at radius 2 is 2.06 bits per heavy atom. The molecule has 0 atom stereocenters. The number of nitro groups is 1. The zero-order chi connectivity index (χ0) is 13.0. The Morgan fingerprint density at radius 1 is 1.47 bits per heavy atom. The average molecular weight is 239 g/mol. The lowest BCUT2D eigenvalue weighted by Gasteiger charge is -2.22. The standard InChI is InChI=1S/C11H17N3O3/c1-5-13(6-2)9-8(3)7-12-11(17-4)10(9)14(15)16/h7H,5-6H2,1-4H3. The summed E-state index contributed by atoms with van der Waals surface area (Å²) in [4.78, 5) is 16.6. The van der Waals surface area contributed by atoms with Crippen molar-refractivity contribution < 1.29 is 9.66 Å². The Balaban J connectivity index is 3.48. The summed E-state index contributed by atoms with van der Waals surface area (Å²) in [5.41, 5.74) is 1.31. The van der Waals surface area contributed by atoms with Crippen LogP contribution in [0.2, 0.25) is 0 Å². The summed E-state index contributed by atoms with van der Waals surface area (Å²) < 4.78 is 4.96. The molecular weight excluding hydrogens is 222 g/mol. The van der Waals surface area contributed by atoms with Crippen molar-refractivity contribution >= 4 is 11.4 Å². The van der Waals surface area contributed by atoms with E-state index in [4.69, 9.17) is 4.74 Å². The highest BCUT2D eigenvalue weighted by Gasteiger charge is 2.27. The number of rotatable bonds is 5. The van der Waals surface area contributed by atoms with Crippen LogP contribution in [0.15, 0.2) is 6.20 Å². The molecule has 0 fully saturated rings. The van der Waals surface area contributed by atoms with Crippen molar-refractivity contribution in [3.63, 3.8) is 0 Å². The molecule has 0 aliphatic rings. The third-order valence-electron chi connectivity index (χ3n) is 2.63. The largest absolute Gasteiger partial charge is 0.476 e. The number of anilines is 1. The van der Waals surface area contributed by atoms with Crippen LogP contribution in [0.5, 0.6) is 5.88 Å². The predicted octanol–water partition coefficient (Wildman–Crippen LogP) is 2.15. The number of hydrogen-bond donors (Lipinski definition) is 0. The van der Waals surface area contributed by atoms with Crippen molar-refractivity contribution in [2.24, 2.45) is 0 Å². The van der Waals surface area contributed by atoms with Gasteiger partial charge in [-0.3, -0.25) is 10.1 Å². The van der Waals surface area contributed by atoms with Gasteiger partial charge in [-0.25, -0.2) is 4.98 Å². The molecule has 0 aromatic carbocycles. The van der Waals surface area contributed by atoms with Crippen LogP contribution in [0, 0.1) is 17.0 Å². The molecule has 0 aliphatic carbocycles. The van der Waals surface area contributed by atoms with Gasteiger partial charge in [0.2, 0.25) is 0 Å². The van der Waals surface area contributed by atoms with E-state index in [1.54, 1.807) is 6.20 Å². The minimum atomic E-state index is -0.438. The molecule has 0 radical (unpaired) electrons. The van der Waals surface area contributed by atoms with Crippen LogP contribution in [-0.2, 0) is 0 Å². The first-order valence-electron chi connectivity index (χ1n) is 5.49. The smallest absolute Gasteiger partial charge is 0.354 e. The SMILES string of the molecule is CCN(CC)c1c(C)cnc(OC)c1[N+](=O)[O-]. The van der Waals surface area contributed by atoms with E-state index in [0.29, 0.717) is 18.8 Å². The first kappa shape index (κ1) is 13.2. The Hall–Kier alpha value is -1.85. The third-order valence-corrected chi connectivity index (χ3v) is 2.63. The summed E-state index contributed by atoms with van der Waals surface area (Å²) >= 11 is 0. The van der Waals surface area contributed by atoms with E-state index in [1.165, 1.54) is 7.11 Å². The number of hydrogen-bond acceptors (Lipinski definition) is 5. The summed E-state index contributed by atoms with van der Waals surface area (Å²) in [5.74, 6) is 0.0579. The molecule has 6 nitrogen and oxygen atoms in total. The van der Waals surface area contributed by atoms with Crippen LogP contribution in [-0.4, -0.2) is 30.1 Å². The van der Waals surface area contributed by atoms with Gasteiger partial charge in [0, 0.05) is 19.3 Å². The Labute approximate surface area is 100 Å². The van der Waals surface area contributed by atoms with E-state index < -0.39 is 4.92 Å². The number of methoxy groups -OCH3 is 1. The van der Waals surface area contributed by atoms with Crippen molar-refractivity contribution in [2.75, 3.05) is 25.1 Å². The van der Waals surface area contributed by atoms with Crippen LogP contribution < -0.4 is 9.64 Å². The summed E-state index contributed by atoms with van der Waals surface area (Å²) in [6.45, 7) is 7.13. The fourth-order valence-electron chi connectivity index (χ4n) is 1.82. The maximum absolute atomic E-state index is 11.1. The molecule has 6 heteroatoms. The monoisotopic (exact) mass is 239 g/mol. The third kappa shape index (κ3) is 2.46. The molecule has 1 aromatic rings. The Kier molecular flexibility index (Phi) is 4.25. The van der Waals surface area contributed by atoms with Gasteiger partial charge in [0.15, 0.2) is 0 Å². The maximum atomic E-state index is 11.1. The molecule has 0 aliphatic heterocycles. The fourth-order valence-corrected chi connectivity index (χ4v) is 1.82. The maximum Gasteiger partial charge on any atom is 0.354 e. The molecule has 0 N–H and O–H groups in total. The number of pyridine rings is 1. The van der Waals surface area contributed by atoms with Crippen LogP contribution in [0.3, 0.4) is 0 Å². The number of aromatic nitrogens is 1. The average Bonchev–Trinajstić information content (AvgIpc) is 2.31. The van der Waals surface area contributed by atoms with E-state index in [1.807, 2.05) is 25.7 Å². The lowest BCUT2D eigenvalue weighted by atomic mass is 10.2. The van der Waals surface area contributed by atoms with Crippen molar-refractivity contribution in [3.8, 4) is 5.88 Å². The highest BCUT2D eigenvalue weighted by Crippen LogP contribution is 2.37. The summed E-state index contributed by atoms with van der Waals surface area (Å²) in [7, 11) is 1.39. The highest BCUT2D eigenvalue weighted by atomic mass is 16.6. The molecule has 1 aromatic heterocycles. The minimum absolute atomic E-state index is 0.0579. The molecule has 0 saturated heterocycles. The number of ether oxygens (including phenoxy) is 1. The van der Waals surface area contributed by atoms with E-state index in [0.717, 1.165) is 5.56 Å². The first-order chi connectivity index (χ1) is 8.06. The molecule has 94 valence electrons. The van der Waals surface area contributed by atoms with Gasteiger partial charge in [-0.05, 0) is 26.3 Å². The van der Waals surface area contributed by atoms with Crippen LogP contribution >= 0.6 is 0 Å². The van der Waals surface area contributed by atoms with Crippen molar-refractivity contribution in [3.05, 3.63) is 21.9 Å². The van der Waals surface area contributed by atoms with Crippen molar-refractivity contribution in [1.29, 1.82) is 0 Å². The zero-order valence-electron chi connectivity index (χ0n) is 10.6. The molecule has 0 saturated carbocycles. The van der Waals surface area contributed by atoms with E-state index in [-0.39, 0.29) is 11.6 Å². The van der Waals surface area contributed by atoms with Crippen LogP contribution in [0.25, 0.3) is 0 Å². The van der Waals surface area contributed by atoms with E-state index >= 15 is 0 Å². The van der Waals surface area contributed by atoms with Gasteiger partial charge in [-0.2, -0.15) is 0 Å². The molecule has 1 rings (SSSR count). The van der Waals surface area contributed by atoms with Gasteiger partial charge in [0.05, 0.1) is 12.0 Å². The lowest BCUT2D eigenvalue weighted by Crippen LogP contribution is -2.24. The molecule has 0 amide bonds. The van der Waals surface area contributed by atoms with Gasteiger partial charge in [-0.1, -0.05) is 0 Å². The Morgan fingerprint density at radius 3 is 2.47 bits per heavy atom. The van der Waals surface area contributed by atoms with Crippen LogP contribution in [0.4, 0.5) is 11.4 Å². The summed E-state index contributed by atoms with van der Waals surface area (Å²) in [5, 5.41) is 11.1. The highest BCUT2D eigenvalue weighted by molar-refractivity contribution is 5.71. The predicted molar refractivity (Wildman–Crippen MR) is 65.7 cm³/mol. The molecule has 1 heterocycles. The lowest BCUT2D eigenvalue weighted by molar-refractivity contribution is -0.385. The summed E-state index contributed by atoms with van der Waals surface area (Å²) in [6, 6.07) is 0. The fraction of sp³-hybridized carbons (Fsp3) is 0.545. The second kappa shape index (κ2) is 5.47. The van der Waals surface area contributed by atoms with Crippen molar-refractivity contribution in [2.45, 2.75) is 20.8 Å². The number of aryl methyl sites for hydroxylation is 1. The summed E-state index contributed by atoms with van der Waals surface area (Å²) in [6.07, 6.45) is 1.60. The molecule has 0 bridgehead atoms. The van der Waals surface area contributed by atoms with Crippen molar-refractivity contribution in [1.82, 2.24) is 4.98 Å². The molecule has 0 spiro atoms. The van der Waals surface area contributed by atoms with Gasteiger partial charge in [0.1, 0.15) is 5.69 Å². The number of nitrogens with zero attached hydrogens (tertiary/aromatic N) is 3. The van der Waals surface area contributed by atoms with E-state index in [9.17, 15) is 10.1 Å². The molecule has 0 unspecified atom stereocenters. The second-order valence-electron chi connectivity index (χ2n) is 3.58. The Bertz CT molecular complexity index is 417. The first-order valence-corrected chi connectivity index (χ1v) is 5.49. The normalized spacial score (nSPS) is 10.1. The second-order valence-corrected chi connectivity index (χ2v) is 3.58. The van der Waals surface area contributed by atoms with Crippen LogP contribution in [0.1, 0.15) is 19.4 Å². The zero-order valence-corrected chi connectivity index (χ0v) is 10.6. The molecule has 17 heavy (non-hydrogen) atoms. The van der Waals surface area contributed by atoms with Gasteiger partial charge in [-0.15, -0.1) is 0 Å². The van der Waals surface area contributed by atoms with Gasteiger partial charge < -0.3 is 9.64 Å². The van der Waals surface area contributed by atoms with E-state index in [2.05, 4.69) is 4.98 Å². The topological polar surface area (TPSA) is 68.5 Å². The quantitative estimate of drug-likeness (QED) is 0.581. The van der Waals surface area contributed by atoms with Gasteiger partial charge in [0.25, 0.3) is 5.88 Å². The minimum Gasteiger partial charge on any atom is -0.476 e. The van der Waals surface area contributed by atoms with Gasteiger partial charge >= 0.3 is 5.69 Å².